The number of hydrogen-bond donors (Lipinski definition) is 2. The minimum absolute atomic E-state index is 0.148. The maximum atomic E-state index is 13.8. The fourth-order valence-electron chi connectivity index (χ4n) is 3.22. The number of fused-ring (bicyclic) bond motifs is 2. The minimum Gasteiger partial charge on any atom is -0.360 e. The number of nitrogens with zero attached hydrogens (tertiary/aromatic N) is 1. The molecule has 138 valence electrons. The Morgan fingerprint density at radius 2 is 1.89 bits per heavy atom. The first-order valence-electron chi connectivity index (χ1n) is 8.98. The van der Waals surface area contributed by atoms with Crippen LogP contribution in [-0.4, -0.2) is 22.9 Å². The number of H-pyrrole nitrogens is 1. The lowest BCUT2D eigenvalue weighted by Gasteiger charge is -2.07. The summed E-state index contributed by atoms with van der Waals surface area (Å²) in [6, 6.07) is 12.2. The molecule has 0 unspecified atom stereocenters. The van der Waals surface area contributed by atoms with E-state index in [1.54, 1.807) is 13.1 Å². The number of nitrogens with one attached hydrogen (secondary N) is 2. The average molecular weight is 363 g/mol. The highest BCUT2D eigenvalue weighted by atomic mass is 19.1. The number of carbonyl (C=O) groups excluding carboxylic acids is 1. The third-order valence-corrected chi connectivity index (χ3v) is 4.43. The summed E-state index contributed by atoms with van der Waals surface area (Å²) in [6.45, 7) is 5.87. The predicted octanol–water partition coefficient (Wildman–Crippen LogP) is 5.22. The van der Waals surface area contributed by atoms with E-state index < -0.39 is 0 Å². The highest BCUT2D eigenvalue weighted by Crippen LogP contribution is 2.31. The second-order valence-corrected chi connectivity index (χ2v) is 6.00. The predicted molar refractivity (Wildman–Crippen MR) is 108 cm³/mol. The van der Waals surface area contributed by atoms with Crippen molar-refractivity contribution < 1.29 is 9.18 Å². The molecule has 0 atom stereocenters. The van der Waals surface area contributed by atoms with Crippen LogP contribution in [0.2, 0.25) is 0 Å². The van der Waals surface area contributed by atoms with Crippen LogP contribution in [0.1, 0.15) is 29.8 Å². The lowest BCUT2D eigenvalue weighted by molar-refractivity contribution is 0.0964. The van der Waals surface area contributed by atoms with E-state index in [2.05, 4.69) is 15.3 Å². The molecule has 5 heteroatoms. The Hall–Kier alpha value is -3.21. The van der Waals surface area contributed by atoms with Gasteiger partial charge in [-0.05, 0) is 48.9 Å². The third kappa shape index (κ3) is 3.28. The first-order valence-corrected chi connectivity index (χ1v) is 8.98. The van der Waals surface area contributed by atoms with Gasteiger partial charge in [0.25, 0.3) is 5.91 Å². The Kier molecular flexibility index (Phi) is 5.21. The Bertz CT molecular complexity index is 1130. The van der Waals surface area contributed by atoms with Gasteiger partial charge in [-0.15, -0.1) is 0 Å². The molecule has 2 heterocycles. The third-order valence-electron chi connectivity index (χ3n) is 4.43. The van der Waals surface area contributed by atoms with Gasteiger partial charge in [-0.3, -0.25) is 4.79 Å². The topological polar surface area (TPSA) is 57.8 Å². The number of rotatable bonds is 2. The van der Waals surface area contributed by atoms with Crippen molar-refractivity contribution in [2.45, 2.75) is 20.8 Å². The lowest BCUT2D eigenvalue weighted by atomic mass is 10.0. The van der Waals surface area contributed by atoms with Crippen molar-refractivity contribution in [3.8, 4) is 11.3 Å². The number of aromatic amines is 1. The zero-order valence-electron chi connectivity index (χ0n) is 15.9. The largest absolute Gasteiger partial charge is 0.360 e. The van der Waals surface area contributed by atoms with Crippen molar-refractivity contribution in [3.63, 3.8) is 0 Å². The monoisotopic (exact) mass is 363 g/mol. The molecule has 1 amide bonds. The van der Waals surface area contributed by atoms with Crippen LogP contribution in [0.5, 0.6) is 0 Å². The van der Waals surface area contributed by atoms with E-state index >= 15 is 0 Å². The van der Waals surface area contributed by atoms with E-state index in [4.69, 9.17) is 0 Å². The molecule has 2 aromatic heterocycles. The van der Waals surface area contributed by atoms with Crippen molar-refractivity contribution >= 4 is 27.7 Å². The molecule has 0 spiro atoms. The number of aromatic nitrogens is 2. The molecule has 0 saturated heterocycles. The quantitative estimate of drug-likeness (QED) is 0.513. The normalized spacial score (nSPS) is 10.6. The molecule has 0 saturated carbocycles. The maximum Gasteiger partial charge on any atom is 0.251 e. The molecule has 0 radical (unpaired) electrons. The van der Waals surface area contributed by atoms with Gasteiger partial charge in [0.2, 0.25) is 0 Å². The smallest absolute Gasteiger partial charge is 0.251 e. The fourth-order valence-corrected chi connectivity index (χ4v) is 3.22. The van der Waals surface area contributed by atoms with Crippen LogP contribution >= 0.6 is 0 Å². The average Bonchev–Trinajstić information content (AvgIpc) is 3.12. The number of hydrogen-bond acceptors (Lipinski definition) is 2. The van der Waals surface area contributed by atoms with Gasteiger partial charge in [-0.1, -0.05) is 19.9 Å². The Morgan fingerprint density at radius 1 is 1.11 bits per heavy atom. The summed E-state index contributed by atoms with van der Waals surface area (Å²) >= 11 is 0. The number of aryl methyl sites for hydroxylation is 1. The van der Waals surface area contributed by atoms with Crippen molar-refractivity contribution in [3.05, 3.63) is 65.6 Å². The SMILES string of the molecule is CC.CNC(=O)c1cccc2nc(-c3c[nH]c4c(C)cc(F)cc34)ccc12. The molecule has 4 aromatic rings. The van der Waals surface area contributed by atoms with Gasteiger partial charge in [0, 0.05) is 40.7 Å². The summed E-state index contributed by atoms with van der Waals surface area (Å²) in [5.41, 5.74) is 4.63. The summed E-state index contributed by atoms with van der Waals surface area (Å²) in [4.78, 5) is 19.9. The van der Waals surface area contributed by atoms with Crippen molar-refractivity contribution in [1.29, 1.82) is 0 Å². The highest BCUT2D eigenvalue weighted by molar-refractivity contribution is 6.06. The second kappa shape index (κ2) is 7.58. The van der Waals surface area contributed by atoms with Gasteiger partial charge in [-0.2, -0.15) is 0 Å². The van der Waals surface area contributed by atoms with Gasteiger partial charge < -0.3 is 10.3 Å². The van der Waals surface area contributed by atoms with E-state index in [9.17, 15) is 9.18 Å². The zero-order valence-corrected chi connectivity index (χ0v) is 15.9. The molecule has 0 aliphatic heterocycles. The summed E-state index contributed by atoms with van der Waals surface area (Å²) in [5.74, 6) is -0.418. The van der Waals surface area contributed by atoms with E-state index in [0.717, 1.165) is 38.6 Å². The van der Waals surface area contributed by atoms with Crippen LogP contribution in [-0.2, 0) is 0 Å². The van der Waals surface area contributed by atoms with Crippen molar-refractivity contribution in [1.82, 2.24) is 15.3 Å². The number of amides is 1. The first-order chi connectivity index (χ1) is 13.1. The van der Waals surface area contributed by atoms with E-state index in [1.165, 1.54) is 12.1 Å². The highest BCUT2D eigenvalue weighted by Gasteiger charge is 2.13. The van der Waals surface area contributed by atoms with Gasteiger partial charge in [-0.25, -0.2) is 9.37 Å². The maximum absolute atomic E-state index is 13.8. The molecular formula is C22H22FN3O. The molecule has 2 aromatic carbocycles. The van der Waals surface area contributed by atoms with Crippen molar-refractivity contribution in [2.75, 3.05) is 7.05 Å². The first kappa shape index (κ1) is 18.6. The number of halogens is 1. The lowest BCUT2D eigenvalue weighted by Crippen LogP contribution is -2.18. The van der Waals surface area contributed by atoms with Gasteiger partial charge in [0.05, 0.1) is 11.2 Å². The van der Waals surface area contributed by atoms with Crippen LogP contribution in [0, 0.1) is 12.7 Å². The Balaban J connectivity index is 0.00000102. The number of pyridine rings is 1. The van der Waals surface area contributed by atoms with Gasteiger partial charge in [0.15, 0.2) is 0 Å². The molecule has 4 rings (SSSR count). The fraction of sp³-hybridized carbons (Fsp3) is 0.182. The zero-order chi connectivity index (χ0) is 19.6. The Labute approximate surface area is 157 Å². The molecule has 0 bridgehead atoms. The van der Waals surface area contributed by atoms with Crippen LogP contribution < -0.4 is 5.32 Å². The Morgan fingerprint density at radius 3 is 2.63 bits per heavy atom. The van der Waals surface area contributed by atoms with Crippen LogP contribution in [0.15, 0.2) is 48.7 Å². The van der Waals surface area contributed by atoms with Crippen LogP contribution in [0.4, 0.5) is 4.39 Å². The van der Waals surface area contributed by atoms with Gasteiger partial charge in [0.1, 0.15) is 5.82 Å². The second-order valence-electron chi connectivity index (χ2n) is 6.00. The molecule has 4 nitrogen and oxygen atoms in total. The van der Waals surface area contributed by atoms with Crippen LogP contribution in [0.3, 0.4) is 0 Å². The summed E-state index contributed by atoms with van der Waals surface area (Å²) < 4.78 is 13.8. The summed E-state index contributed by atoms with van der Waals surface area (Å²) in [7, 11) is 1.60. The van der Waals surface area contributed by atoms with E-state index in [1.807, 2.05) is 51.2 Å². The molecule has 0 fully saturated rings. The van der Waals surface area contributed by atoms with E-state index in [0.29, 0.717) is 5.56 Å². The van der Waals surface area contributed by atoms with Gasteiger partial charge >= 0.3 is 0 Å². The van der Waals surface area contributed by atoms with Crippen molar-refractivity contribution in [2.24, 2.45) is 0 Å². The molecule has 0 aliphatic carbocycles. The summed E-state index contributed by atoms with van der Waals surface area (Å²) in [5, 5.41) is 4.22. The molecule has 0 aliphatic rings. The minimum atomic E-state index is -0.270. The molecular weight excluding hydrogens is 341 g/mol. The standard InChI is InChI=1S/C20H16FN3O.C2H6/c1-11-8-12(21)9-15-16(10-23-19(11)15)18-7-6-13-14(20(25)22-2)4-3-5-17(13)24-18;1-2/h3-10,23H,1-2H3,(H,22,25);1-2H3. The molecule has 2 N–H and O–H groups in total. The van der Waals surface area contributed by atoms with Crippen LogP contribution in [0.25, 0.3) is 33.1 Å². The molecule has 27 heavy (non-hydrogen) atoms. The van der Waals surface area contributed by atoms with E-state index in [-0.39, 0.29) is 11.7 Å². The summed E-state index contributed by atoms with van der Waals surface area (Å²) in [6.07, 6.45) is 1.84. The number of carbonyl (C=O) groups is 1. The number of benzene rings is 2.